The summed E-state index contributed by atoms with van der Waals surface area (Å²) < 4.78 is 11.4. The Morgan fingerprint density at radius 2 is 2.05 bits per heavy atom. The van der Waals surface area contributed by atoms with Gasteiger partial charge in [-0.25, -0.2) is 9.97 Å². The van der Waals surface area contributed by atoms with Crippen molar-refractivity contribution < 1.29 is 19.4 Å². The minimum absolute atomic E-state index is 0.0416. The first-order chi connectivity index (χ1) is 17.9. The number of amides is 1. The van der Waals surface area contributed by atoms with Crippen molar-refractivity contribution >= 4 is 34.3 Å². The normalized spacial score (nSPS) is 17.7. The number of ether oxygens (including phenoxy) is 2. The summed E-state index contributed by atoms with van der Waals surface area (Å²) in [4.78, 5) is 26.7. The van der Waals surface area contributed by atoms with Gasteiger partial charge in [-0.1, -0.05) is 19.9 Å². The van der Waals surface area contributed by atoms with Crippen LogP contribution in [0.15, 0.2) is 36.7 Å². The number of hydrogen-bond donors (Lipinski definition) is 3. The Bertz CT molecular complexity index is 1220. The Labute approximate surface area is 217 Å². The highest BCUT2D eigenvalue weighted by molar-refractivity contribution is 5.92. The molecule has 0 saturated carbocycles. The summed E-state index contributed by atoms with van der Waals surface area (Å²) in [5.74, 6) is 2.89. The number of aliphatic hydroxyl groups is 1. The number of aliphatic hydroxyl groups excluding tert-OH is 1. The van der Waals surface area contributed by atoms with Crippen LogP contribution in [0.2, 0.25) is 0 Å². The Kier molecular flexibility index (Phi) is 8.73. The molecule has 3 aromatic rings. The van der Waals surface area contributed by atoms with Crippen LogP contribution in [0.4, 0.5) is 17.6 Å². The van der Waals surface area contributed by atoms with Crippen molar-refractivity contribution in [1.29, 1.82) is 0 Å². The van der Waals surface area contributed by atoms with Crippen LogP contribution in [0.3, 0.4) is 0 Å². The van der Waals surface area contributed by atoms with Crippen molar-refractivity contribution in [3.05, 3.63) is 42.2 Å². The number of carbonyl (C=O) groups excluding carboxylic acids is 1. The number of fused-ring (bicyclic) bond motifs is 1. The van der Waals surface area contributed by atoms with E-state index in [2.05, 4.69) is 45.5 Å². The molecule has 3 heterocycles. The molecule has 10 heteroatoms. The fraction of sp³-hybridized carbons (Fsp3) is 0.481. The summed E-state index contributed by atoms with van der Waals surface area (Å²) in [6.45, 7) is 8.03. The summed E-state index contributed by atoms with van der Waals surface area (Å²) in [5, 5.41) is 18.4. The van der Waals surface area contributed by atoms with E-state index in [9.17, 15) is 9.90 Å². The summed E-state index contributed by atoms with van der Waals surface area (Å²) in [5.41, 5.74) is 1.20. The average molecular weight is 509 g/mol. The minimum Gasteiger partial charge on any atom is -0.493 e. The second-order valence-corrected chi connectivity index (χ2v) is 9.55. The zero-order valence-electron chi connectivity index (χ0n) is 21.9. The molecule has 0 aliphatic carbocycles. The van der Waals surface area contributed by atoms with E-state index in [-0.39, 0.29) is 12.0 Å². The summed E-state index contributed by atoms with van der Waals surface area (Å²) in [6.07, 6.45) is 4.20. The van der Waals surface area contributed by atoms with Gasteiger partial charge in [0, 0.05) is 51.4 Å². The third-order valence-electron chi connectivity index (χ3n) is 6.47. The van der Waals surface area contributed by atoms with Gasteiger partial charge >= 0.3 is 0 Å². The fourth-order valence-electron chi connectivity index (χ4n) is 4.52. The van der Waals surface area contributed by atoms with Gasteiger partial charge in [0.2, 0.25) is 11.9 Å². The van der Waals surface area contributed by atoms with E-state index in [1.54, 1.807) is 19.4 Å². The molecule has 4 rings (SSSR count). The van der Waals surface area contributed by atoms with Crippen LogP contribution in [-0.2, 0) is 9.53 Å². The van der Waals surface area contributed by atoms with E-state index < -0.39 is 6.10 Å². The quantitative estimate of drug-likeness (QED) is 0.354. The predicted molar refractivity (Wildman–Crippen MR) is 144 cm³/mol. The van der Waals surface area contributed by atoms with E-state index in [4.69, 9.17) is 9.47 Å². The molecule has 1 amide bonds. The minimum atomic E-state index is -0.586. The zero-order chi connectivity index (χ0) is 26.4. The van der Waals surface area contributed by atoms with Crippen LogP contribution in [0.25, 0.3) is 10.8 Å². The Morgan fingerprint density at radius 3 is 2.78 bits per heavy atom. The highest BCUT2D eigenvalue weighted by Gasteiger charge is 2.28. The van der Waals surface area contributed by atoms with Gasteiger partial charge in [0.05, 0.1) is 18.8 Å². The van der Waals surface area contributed by atoms with Gasteiger partial charge in [-0.3, -0.25) is 4.79 Å². The van der Waals surface area contributed by atoms with Crippen molar-refractivity contribution in [3.8, 4) is 5.75 Å². The lowest BCUT2D eigenvalue weighted by molar-refractivity contribution is -0.118. The number of aromatic nitrogens is 3. The summed E-state index contributed by atoms with van der Waals surface area (Å²) >= 11 is 0. The number of rotatable bonds is 10. The molecule has 1 saturated heterocycles. The largest absolute Gasteiger partial charge is 0.493 e. The van der Waals surface area contributed by atoms with Crippen LogP contribution >= 0.6 is 0 Å². The summed E-state index contributed by atoms with van der Waals surface area (Å²) in [7, 11) is 1.62. The molecule has 0 unspecified atom stereocenters. The van der Waals surface area contributed by atoms with E-state index >= 15 is 0 Å². The van der Waals surface area contributed by atoms with Gasteiger partial charge < -0.3 is 30.1 Å². The molecule has 198 valence electrons. The lowest BCUT2D eigenvalue weighted by Crippen LogP contribution is -2.48. The third-order valence-corrected chi connectivity index (χ3v) is 6.47. The number of pyridine rings is 1. The highest BCUT2D eigenvalue weighted by atomic mass is 16.5. The fourth-order valence-corrected chi connectivity index (χ4v) is 4.52. The summed E-state index contributed by atoms with van der Waals surface area (Å²) in [6, 6.07) is 7.90. The molecule has 0 radical (unpaired) electrons. The van der Waals surface area contributed by atoms with Crippen molar-refractivity contribution in [2.45, 2.75) is 51.7 Å². The first kappa shape index (κ1) is 26.6. The van der Waals surface area contributed by atoms with Gasteiger partial charge in [-0.05, 0) is 47.9 Å². The van der Waals surface area contributed by atoms with Crippen molar-refractivity contribution in [2.24, 2.45) is 0 Å². The average Bonchev–Trinajstić information content (AvgIpc) is 2.88. The molecule has 0 spiro atoms. The lowest BCUT2D eigenvalue weighted by Gasteiger charge is -2.35. The highest BCUT2D eigenvalue weighted by Crippen LogP contribution is 2.34. The van der Waals surface area contributed by atoms with E-state index in [1.807, 2.05) is 23.2 Å². The van der Waals surface area contributed by atoms with Gasteiger partial charge in [0.15, 0.2) is 0 Å². The predicted octanol–water partition coefficient (Wildman–Crippen LogP) is 3.38. The lowest BCUT2D eigenvalue weighted by atomic mass is 9.96. The van der Waals surface area contributed by atoms with Crippen LogP contribution in [0, 0.1) is 0 Å². The number of anilines is 3. The number of methoxy groups -OCH3 is 1. The number of carbonyl (C=O) groups is 1. The molecule has 1 fully saturated rings. The van der Waals surface area contributed by atoms with Crippen molar-refractivity contribution in [1.82, 2.24) is 20.3 Å². The van der Waals surface area contributed by atoms with E-state index in [1.165, 1.54) is 12.5 Å². The number of nitrogens with zero attached hydrogens (tertiary/aromatic N) is 4. The van der Waals surface area contributed by atoms with Crippen molar-refractivity contribution in [2.75, 3.05) is 43.6 Å². The maximum absolute atomic E-state index is 11.1. The van der Waals surface area contributed by atoms with E-state index in [0.29, 0.717) is 56.2 Å². The smallest absolute Gasteiger partial charge is 0.227 e. The molecule has 37 heavy (non-hydrogen) atoms. The van der Waals surface area contributed by atoms with Crippen LogP contribution in [0.5, 0.6) is 5.75 Å². The molecule has 0 bridgehead atoms. The van der Waals surface area contributed by atoms with E-state index in [0.717, 1.165) is 22.9 Å². The molecule has 2 aromatic heterocycles. The van der Waals surface area contributed by atoms with Gasteiger partial charge in [-0.2, -0.15) is 4.98 Å². The Hall–Kier alpha value is -3.50. The number of nitrogens with one attached hydrogen (secondary N) is 2. The first-order valence-electron chi connectivity index (χ1n) is 12.7. The standard InChI is InChI=1S/C27H36N6O4/c1-17(2)19-6-7-23(37-13-5-10-28-18(3)34)21-15-30-26(14-20(19)21)31-25-8-11-29-27(32-25)33-12-9-24(36-4)22(35)16-33/h6-8,11,14-15,17,22,24,35H,5,9-10,12-13,16H2,1-4H3,(H,28,34)(H,29,30,31,32)/t22-,24-/m0/s1. The molecule has 3 N–H and O–H groups in total. The van der Waals surface area contributed by atoms with Gasteiger partial charge in [-0.15, -0.1) is 0 Å². The topological polar surface area (TPSA) is 122 Å². The van der Waals surface area contributed by atoms with Crippen LogP contribution in [-0.4, -0.2) is 71.5 Å². The maximum atomic E-state index is 11.1. The molecule has 2 atom stereocenters. The number of benzene rings is 1. The van der Waals surface area contributed by atoms with Gasteiger partial charge in [0.1, 0.15) is 17.4 Å². The van der Waals surface area contributed by atoms with Crippen LogP contribution < -0.4 is 20.3 Å². The molecule has 10 nitrogen and oxygen atoms in total. The first-order valence-corrected chi connectivity index (χ1v) is 12.7. The second-order valence-electron chi connectivity index (χ2n) is 9.55. The van der Waals surface area contributed by atoms with Crippen molar-refractivity contribution in [3.63, 3.8) is 0 Å². The third kappa shape index (κ3) is 6.64. The Balaban J connectivity index is 1.52. The number of β-amino-alcohol motifs (C(OH)–C–C–N with tert-alkyl or cyclic N) is 1. The second kappa shape index (κ2) is 12.2. The Morgan fingerprint density at radius 1 is 1.22 bits per heavy atom. The molecule has 1 aromatic carbocycles. The number of piperidine rings is 1. The van der Waals surface area contributed by atoms with Gasteiger partial charge in [0.25, 0.3) is 0 Å². The SMILES string of the molecule is CO[C@H]1CCN(c2nccc(Nc3cc4c(C(C)C)ccc(OCCCNC(C)=O)c4cn3)n2)C[C@@H]1O. The monoisotopic (exact) mass is 508 g/mol. The zero-order valence-corrected chi connectivity index (χ0v) is 21.9. The molecular formula is C27H36N6O4. The number of hydrogen-bond acceptors (Lipinski definition) is 9. The molecule has 1 aliphatic rings. The molecular weight excluding hydrogens is 472 g/mol. The molecule has 1 aliphatic heterocycles. The maximum Gasteiger partial charge on any atom is 0.227 e. The van der Waals surface area contributed by atoms with Crippen LogP contribution in [0.1, 0.15) is 45.1 Å².